The second kappa shape index (κ2) is 9.30. The predicted molar refractivity (Wildman–Crippen MR) is 152 cm³/mol. The number of rotatable bonds is 6. The van der Waals surface area contributed by atoms with Gasteiger partial charge < -0.3 is 0 Å². The lowest BCUT2D eigenvalue weighted by Crippen LogP contribution is -2.61. The predicted octanol–water partition coefficient (Wildman–Crippen LogP) is 4.38. The fraction of sp³-hybridized carbons (Fsp3) is 0.0667. The van der Waals surface area contributed by atoms with Crippen LogP contribution in [0.5, 0.6) is 0 Å². The van der Waals surface area contributed by atoms with E-state index >= 15 is 0 Å². The van der Waals surface area contributed by atoms with Gasteiger partial charge in [-0.25, -0.2) is 0 Å². The van der Waals surface area contributed by atoms with Crippen molar-refractivity contribution in [2.75, 3.05) is 0 Å². The Morgan fingerprint density at radius 3 is 0.912 bits per heavy atom. The highest BCUT2D eigenvalue weighted by Crippen LogP contribution is 2.33. The van der Waals surface area contributed by atoms with Crippen molar-refractivity contribution in [2.45, 2.75) is 13.1 Å². The van der Waals surface area contributed by atoms with Crippen molar-refractivity contribution in [3.05, 3.63) is 143 Å². The fourth-order valence-corrected chi connectivity index (χ4v) is 17.1. The second-order valence-corrected chi connectivity index (χ2v) is 19.1. The van der Waals surface area contributed by atoms with Gasteiger partial charge in [-0.15, -0.1) is 0 Å². The minimum absolute atomic E-state index is 1.09. The Bertz CT molecular complexity index is 1180. The summed E-state index contributed by atoms with van der Waals surface area (Å²) in [7, 11) is -6.04. The quantitative estimate of drug-likeness (QED) is 0.365. The highest BCUT2D eigenvalue weighted by Gasteiger charge is 2.47. The summed E-state index contributed by atoms with van der Waals surface area (Å²) in [5.41, 5.74) is 0. The zero-order valence-corrected chi connectivity index (χ0v) is 22.3. The highest BCUT2D eigenvalue weighted by molar-refractivity contribution is 7.98. The smallest absolute Gasteiger partial charge is 0.156 e. The lowest BCUT2D eigenvalue weighted by Gasteiger charge is -2.33. The second-order valence-electron chi connectivity index (χ2n) is 9.04. The molecule has 1 heterocycles. The van der Waals surface area contributed by atoms with Gasteiger partial charge in [-0.3, -0.25) is 4.21 Å². The normalized spacial score (nSPS) is 14.5. The van der Waals surface area contributed by atoms with E-state index in [2.05, 4.69) is 147 Å². The molecule has 1 aliphatic heterocycles. The van der Waals surface area contributed by atoms with Gasteiger partial charge in [-0.1, -0.05) is 147 Å². The van der Waals surface area contributed by atoms with E-state index in [1.165, 1.54) is 20.7 Å². The van der Waals surface area contributed by atoms with Crippen LogP contribution in [-0.4, -0.2) is 20.4 Å². The Morgan fingerprint density at radius 1 is 0.441 bits per heavy atom. The van der Waals surface area contributed by atoms with Crippen LogP contribution < -0.4 is 20.7 Å². The SMILES string of the molecule is C[Si](C1=CC=C([Si](C)(c2ccccc2)c2ccccc2)S1=O)(c1ccccc1)c1ccccc1. The summed E-state index contributed by atoms with van der Waals surface area (Å²) in [6, 6.07) is 42.7. The van der Waals surface area contributed by atoms with Crippen molar-refractivity contribution in [2.24, 2.45) is 0 Å². The summed E-state index contributed by atoms with van der Waals surface area (Å²) in [4.78, 5) is 0. The lowest BCUT2D eigenvalue weighted by molar-refractivity contribution is 0.692. The third kappa shape index (κ3) is 3.72. The zero-order chi connectivity index (χ0) is 23.6. The van der Waals surface area contributed by atoms with Crippen molar-refractivity contribution in [1.29, 1.82) is 0 Å². The molecule has 0 N–H and O–H groups in total. The van der Waals surface area contributed by atoms with Crippen LogP contribution in [0.25, 0.3) is 0 Å². The van der Waals surface area contributed by atoms with Crippen LogP contribution in [0.3, 0.4) is 0 Å². The lowest BCUT2D eigenvalue weighted by atomic mass is 10.4. The molecule has 1 aliphatic rings. The maximum atomic E-state index is 14.5. The van der Waals surface area contributed by atoms with Crippen LogP contribution in [0.4, 0.5) is 0 Å². The van der Waals surface area contributed by atoms with Gasteiger partial charge >= 0.3 is 0 Å². The molecule has 0 saturated carbocycles. The summed E-state index contributed by atoms with van der Waals surface area (Å²) < 4.78 is 16.7. The van der Waals surface area contributed by atoms with E-state index in [1.807, 2.05) is 0 Å². The minimum Gasteiger partial charge on any atom is -0.250 e. The molecule has 1 nitrogen and oxygen atoms in total. The van der Waals surface area contributed by atoms with E-state index in [4.69, 9.17) is 0 Å². The molecule has 0 atom stereocenters. The number of benzene rings is 4. The van der Waals surface area contributed by atoms with Gasteiger partial charge in [0, 0.05) is 9.06 Å². The van der Waals surface area contributed by atoms with Crippen molar-refractivity contribution >= 4 is 47.7 Å². The van der Waals surface area contributed by atoms with Gasteiger partial charge in [-0.05, 0) is 20.7 Å². The molecule has 5 rings (SSSR count). The van der Waals surface area contributed by atoms with E-state index in [0.29, 0.717) is 0 Å². The first-order valence-electron chi connectivity index (χ1n) is 11.6. The monoisotopic (exact) mass is 492 g/mol. The standard InChI is InChI=1S/C30H28OSSi2/c1-33(25-15-7-3-8-16-25,26-17-9-4-10-18-26)29-23-24-30(32(29)31)34(2,27-19-11-5-12-20-27)28-21-13-6-14-22-28/h3-24H,1-2H3. The molecule has 34 heavy (non-hydrogen) atoms. The summed E-state index contributed by atoms with van der Waals surface area (Å²) in [5.74, 6) is 0. The van der Waals surface area contributed by atoms with E-state index in [-0.39, 0.29) is 0 Å². The van der Waals surface area contributed by atoms with Crippen LogP contribution in [-0.2, 0) is 10.8 Å². The van der Waals surface area contributed by atoms with Gasteiger partial charge in [0.15, 0.2) is 16.1 Å². The van der Waals surface area contributed by atoms with Gasteiger partial charge in [0.25, 0.3) is 0 Å². The molecule has 0 spiro atoms. The molecule has 0 bridgehead atoms. The molecule has 0 aliphatic carbocycles. The molecular formula is C30H28OSSi2. The molecule has 0 fully saturated rings. The third-order valence-electron chi connectivity index (χ3n) is 7.18. The molecule has 4 aromatic rings. The minimum atomic E-state index is -2.42. The molecule has 4 aromatic carbocycles. The van der Waals surface area contributed by atoms with Crippen LogP contribution in [0.1, 0.15) is 0 Å². The average Bonchev–Trinajstić information content (AvgIpc) is 3.32. The topological polar surface area (TPSA) is 17.1 Å². The summed E-state index contributed by atoms with van der Waals surface area (Å²) >= 11 is 0. The van der Waals surface area contributed by atoms with Crippen molar-refractivity contribution in [3.8, 4) is 0 Å². The number of hydrogen-bond donors (Lipinski definition) is 0. The van der Waals surface area contributed by atoms with Crippen molar-refractivity contribution in [3.63, 3.8) is 0 Å². The van der Waals surface area contributed by atoms with E-state index in [0.717, 1.165) is 9.06 Å². The fourth-order valence-electron chi connectivity index (χ4n) is 5.09. The van der Waals surface area contributed by atoms with E-state index < -0.39 is 26.9 Å². The average molecular weight is 493 g/mol. The molecule has 168 valence electrons. The first-order chi connectivity index (χ1) is 16.6. The summed E-state index contributed by atoms with van der Waals surface area (Å²) in [5, 5.41) is 5.16. The van der Waals surface area contributed by atoms with Gasteiger partial charge in [0.2, 0.25) is 0 Å². The van der Waals surface area contributed by atoms with Gasteiger partial charge in [0.1, 0.15) is 0 Å². The molecular weight excluding hydrogens is 465 g/mol. The van der Waals surface area contributed by atoms with Crippen LogP contribution in [0.15, 0.2) is 143 Å². The summed E-state index contributed by atoms with van der Waals surface area (Å²) in [6.07, 6.45) is 4.38. The molecule has 0 saturated heterocycles. The Balaban J connectivity index is 1.65. The first-order valence-corrected chi connectivity index (χ1v) is 17.8. The van der Waals surface area contributed by atoms with Crippen LogP contribution in [0, 0.1) is 0 Å². The van der Waals surface area contributed by atoms with Gasteiger partial charge in [0.05, 0.1) is 10.8 Å². The first kappa shape index (κ1) is 22.7. The Morgan fingerprint density at radius 2 is 0.676 bits per heavy atom. The highest BCUT2D eigenvalue weighted by atomic mass is 32.2. The van der Waals surface area contributed by atoms with E-state index in [1.54, 1.807) is 0 Å². The maximum Gasteiger partial charge on any atom is 0.156 e. The van der Waals surface area contributed by atoms with Crippen molar-refractivity contribution in [1.82, 2.24) is 0 Å². The van der Waals surface area contributed by atoms with E-state index in [9.17, 15) is 4.21 Å². The van der Waals surface area contributed by atoms with Crippen LogP contribution >= 0.6 is 0 Å². The molecule has 4 heteroatoms. The van der Waals surface area contributed by atoms with Crippen LogP contribution in [0.2, 0.25) is 13.1 Å². The Kier molecular flexibility index (Phi) is 6.21. The third-order valence-corrected chi connectivity index (χ3v) is 20.1. The molecule has 0 unspecified atom stereocenters. The molecule has 0 aromatic heterocycles. The Hall–Kier alpha value is -3.06. The zero-order valence-electron chi connectivity index (χ0n) is 19.5. The molecule has 0 radical (unpaired) electrons. The van der Waals surface area contributed by atoms with Gasteiger partial charge in [-0.2, -0.15) is 0 Å². The maximum absolute atomic E-state index is 14.5. The van der Waals surface area contributed by atoms with Crippen molar-refractivity contribution < 1.29 is 4.21 Å². The Labute approximate surface area is 207 Å². The largest absolute Gasteiger partial charge is 0.250 e. The molecule has 0 amide bonds. The summed E-state index contributed by atoms with van der Waals surface area (Å²) in [6.45, 7) is 4.70. The number of hydrogen-bond acceptors (Lipinski definition) is 1. The number of allylic oxidation sites excluding steroid dienone is 2.